The van der Waals surface area contributed by atoms with E-state index in [1.54, 1.807) is 19.4 Å². The zero-order valence-electron chi connectivity index (χ0n) is 11.9. The quantitative estimate of drug-likeness (QED) is 0.778. The Morgan fingerprint density at radius 1 is 1.24 bits per heavy atom. The summed E-state index contributed by atoms with van der Waals surface area (Å²) in [6.45, 7) is 2.55. The number of hydrogen-bond donors (Lipinski definition) is 1. The normalized spacial score (nSPS) is 12.5. The number of aryl methyl sites for hydroxylation is 1. The van der Waals surface area contributed by atoms with Crippen molar-refractivity contribution in [3.8, 4) is 22.7 Å². The van der Waals surface area contributed by atoms with Gasteiger partial charge in [-0.25, -0.2) is 4.98 Å². The molecule has 0 spiro atoms. The lowest BCUT2D eigenvalue weighted by Crippen LogP contribution is -2.07. The maximum Gasteiger partial charge on any atom is 0.139 e. The molecule has 3 aromatic rings. The fraction of sp³-hybridized carbons (Fsp3) is 0.235. The smallest absolute Gasteiger partial charge is 0.139 e. The average molecular weight is 282 g/mol. The third-order valence-corrected chi connectivity index (χ3v) is 3.43. The van der Waals surface area contributed by atoms with E-state index in [-0.39, 0.29) is 6.10 Å². The lowest BCUT2D eigenvalue weighted by Gasteiger charge is -2.10. The van der Waals surface area contributed by atoms with Crippen molar-refractivity contribution in [3.63, 3.8) is 0 Å². The molecule has 1 atom stereocenters. The van der Waals surface area contributed by atoms with Crippen LogP contribution in [-0.4, -0.2) is 20.8 Å². The van der Waals surface area contributed by atoms with Gasteiger partial charge in [0.25, 0.3) is 0 Å². The Labute approximate surface area is 123 Å². The SMILES string of the molecule is C[C@@H](O)CCn1ccnc1-c1cccc(-c2ccco2)c1. The summed E-state index contributed by atoms with van der Waals surface area (Å²) in [5.74, 6) is 1.75. The summed E-state index contributed by atoms with van der Waals surface area (Å²) in [4.78, 5) is 4.44. The molecule has 21 heavy (non-hydrogen) atoms. The summed E-state index contributed by atoms with van der Waals surface area (Å²) in [5, 5.41) is 9.44. The van der Waals surface area contributed by atoms with Gasteiger partial charge in [0.2, 0.25) is 0 Å². The minimum atomic E-state index is -0.310. The number of aromatic nitrogens is 2. The standard InChI is InChI=1S/C17H18N2O2/c1-13(20)7-9-19-10-8-18-17(19)15-5-2-4-14(12-15)16-6-3-11-21-16/h2-6,8,10-13,20H,7,9H2,1H3/t13-/m1/s1. The second-order valence-electron chi connectivity index (χ2n) is 5.14. The predicted molar refractivity (Wildman–Crippen MR) is 81.7 cm³/mol. The van der Waals surface area contributed by atoms with Crippen LogP contribution in [-0.2, 0) is 6.54 Å². The zero-order valence-corrected chi connectivity index (χ0v) is 11.9. The molecule has 0 saturated carbocycles. The van der Waals surface area contributed by atoms with Crippen molar-refractivity contribution in [1.29, 1.82) is 0 Å². The molecule has 4 heteroatoms. The van der Waals surface area contributed by atoms with Crippen LogP contribution in [0.2, 0.25) is 0 Å². The summed E-state index contributed by atoms with van der Waals surface area (Å²) in [6.07, 6.45) is 5.80. The molecular formula is C17H18N2O2. The highest BCUT2D eigenvalue weighted by Crippen LogP contribution is 2.26. The summed E-state index contributed by atoms with van der Waals surface area (Å²) in [5.41, 5.74) is 2.07. The van der Waals surface area contributed by atoms with Gasteiger partial charge in [0.1, 0.15) is 11.6 Å². The summed E-state index contributed by atoms with van der Waals surface area (Å²) in [6, 6.07) is 11.9. The Bertz CT molecular complexity index is 699. The number of rotatable bonds is 5. The van der Waals surface area contributed by atoms with E-state index in [1.165, 1.54) is 0 Å². The van der Waals surface area contributed by atoms with E-state index in [1.807, 2.05) is 36.5 Å². The fourth-order valence-electron chi connectivity index (χ4n) is 2.33. The molecule has 0 aliphatic carbocycles. The Hall–Kier alpha value is -2.33. The Morgan fingerprint density at radius 2 is 2.10 bits per heavy atom. The molecule has 0 amide bonds. The van der Waals surface area contributed by atoms with E-state index in [0.29, 0.717) is 6.42 Å². The minimum absolute atomic E-state index is 0.310. The van der Waals surface area contributed by atoms with Gasteiger partial charge in [-0.15, -0.1) is 0 Å². The minimum Gasteiger partial charge on any atom is -0.464 e. The number of imidazole rings is 1. The predicted octanol–water partition coefficient (Wildman–Crippen LogP) is 3.58. The molecule has 0 fully saturated rings. The topological polar surface area (TPSA) is 51.2 Å². The Balaban J connectivity index is 1.91. The largest absolute Gasteiger partial charge is 0.464 e. The average Bonchev–Trinajstić information content (AvgIpc) is 3.16. The van der Waals surface area contributed by atoms with Crippen LogP contribution < -0.4 is 0 Å². The van der Waals surface area contributed by atoms with Crippen molar-refractivity contribution in [2.75, 3.05) is 0 Å². The number of aliphatic hydroxyl groups is 1. The summed E-state index contributed by atoms with van der Waals surface area (Å²) in [7, 11) is 0. The van der Waals surface area contributed by atoms with Crippen LogP contribution in [0.15, 0.2) is 59.5 Å². The first-order chi connectivity index (χ1) is 10.2. The lowest BCUT2D eigenvalue weighted by molar-refractivity contribution is 0.178. The molecule has 0 radical (unpaired) electrons. The van der Waals surface area contributed by atoms with Gasteiger partial charge in [0.05, 0.1) is 12.4 Å². The highest BCUT2D eigenvalue weighted by atomic mass is 16.3. The van der Waals surface area contributed by atoms with Crippen molar-refractivity contribution in [3.05, 3.63) is 55.1 Å². The van der Waals surface area contributed by atoms with Crippen LogP contribution in [0.25, 0.3) is 22.7 Å². The lowest BCUT2D eigenvalue weighted by atomic mass is 10.1. The number of benzene rings is 1. The number of aliphatic hydroxyl groups excluding tert-OH is 1. The van der Waals surface area contributed by atoms with E-state index in [0.717, 1.165) is 29.3 Å². The number of hydrogen-bond acceptors (Lipinski definition) is 3. The third kappa shape index (κ3) is 3.06. The first-order valence-corrected chi connectivity index (χ1v) is 7.07. The van der Waals surface area contributed by atoms with Gasteiger partial charge < -0.3 is 14.1 Å². The van der Waals surface area contributed by atoms with E-state index in [4.69, 9.17) is 4.42 Å². The van der Waals surface area contributed by atoms with Gasteiger partial charge in [-0.2, -0.15) is 0 Å². The molecule has 0 unspecified atom stereocenters. The molecule has 0 bridgehead atoms. The van der Waals surface area contributed by atoms with E-state index in [2.05, 4.69) is 15.6 Å². The molecule has 0 aliphatic heterocycles. The van der Waals surface area contributed by atoms with Crippen LogP contribution in [0.3, 0.4) is 0 Å². The summed E-state index contributed by atoms with van der Waals surface area (Å²) >= 11 is 0. The molecule has 2 aromatic heterocycles. The molecule has 1 N–H and O–H groups in total. The van der Waals surface area contributed by atoms with Crippen LogP contribution in [0.4, 0.5) is 0 Å². The summed E-state index contributed by atoms with van der Waals surface area (Å²) < 4.78 is 7.50. The molecule has 2 heterocycles. The van der Waals surface area contributed by atoms with Gasteiger partial charge in [-0.05, 0) is 31.5 Å². The van der Waals surface area contributed by atoms with Crippen LogP contribution in [0.5, 0.6) is 0 Å². The maximum absolute atomic E-state index is 9.44. The number of nitrogens with zero attached hydrogens (tertiary/aromatic N) is 2. The second-order valence-corrected chi connectivity index (χ2v) is 5.14. The highest BCUT2D eigenvalue weighted by molar-refractivity contribution is 5.67. The molecule has 108 valence electrons. The van der Waals surface area contributed by atoms with Gasteiger partial charge in [-0.1, -0.05) is 18.2 Å². The molecule has 0 aliphatic rings. The number of furan rings is 1. The van der Waals surface area contributed by atoms with Crippen molar-refractivity contribution >= 4 is 0 Å². The van der Waals surface area contributed by atoms with Crippen LogP contribution in [0, 0.1) is 0 Å². The molecular weight excluding hydrogens is 264 g/mol. The molecule has 4 nitrogen and oxygen atoms in total. The second kappa shape index (κ2) is 5.97. The molecule has 1 aromatic carbocycles. The maximum atomic E-state index is 9.44. The van der Waals surface area contributed by atoms with Crippen LogP contribution in [0.1, 0.15) is 13.3 Å². The monoisotopic (exact) mass is 282 g/mol. The van der Waals surface area contributed by atoms with Crippen molar-refractivity contribution in [2.24, 2.45) is 0 Å². The Morgan fingerprint density at radius 3 is 2.86 bits per heavy atom. The zero-order chi connectivity index (χ0) is 14.7. The first kappa shape index (κ1) is 13.6. The molecule has 3 rings (SSSR count). The van der Waals surface area contributed by atoms with E-state index in [9.17, 15) is 5.11 Å². The van der Waals surface area contributed by atoms with E-state index < -0.39 is 0 Å². The highest BCUT2D eigenvalue weighted by Gasteiger charge is 2.09. The molecule has 0 saturated heterocycles. The van der Waals surface area contributed by atoms with Crippen molar-refractivity contribution in [2.45, 2.75) is 26.0 Å². The van der Waals surface area contributed by atoms with Gasteiger partial charge in [0, 0.05) is 30.1 Å². The van der Waals surface area contributed by atoms with Gasteiger partial charge in [0.15, 0.2) is 0 Å². The Kier molecular flexibility index (Phi) is 3.88. The van der Waals surface area contributed by atoms with Crippen molar-refractivity contribution in [1.82, 2.24) is 9.55 Å². The van der Waals surface area contributed by atoms with Crippen LogP contribution >= 0.6 is 0 Å². The third-order valence-electron chi connectivity index (χ3n) is 3.43. The first-order valence-electron chi connectivity index (χ1n) is 7.07. The van der Waals surface area contributed by atoms with Gasteiger partial charge >= 0.3 is 0 Å². The van der Waals surface area contributed by atoms with Crippen molar-refractivity contribution < 1.29 is 9.52 Å². The fourth-order valence-corrected chi connectivity index (χ4v) is 2.33. The van der Waals surface area contributed by atoms with E-state index >= 15 is 0 Å². The van der Waals surface area contributed by atoms with Gasteiger partial charge in [-0.3, -0.25) is 0 Å².